The molecule has 0 aromatic heterocycles. The van der Waals surface area contributed by atoms with Crippen molar-refractivity contribution in [3.8, 4) is 0 Å². The summed E-state index contributed by atoms with van der Waals surface area (Å²) < 4.78 is 19.4. The van der Waals surface area contributed by atoms with Crippen molar-refractivity contribution in [3.05, 3.63) is 0 Å². The second-order valence-corrected chi connectivity index (χ2v) is 18.7. The quantitative estimate of drug-likeness (QED) is 0.219. The fraction of sp³-hybridized carbons (Fsp3) is 1.00. The van der Waals surface area contributed by atoms with Crippen molar-refractivity contribution in [1.82, 2.24) is 0 Å². The van der Waals surface area contributed by atoms with Crippen LogP contribution < -0.4 is 0 Å². The first-order valence-electron chi connectivity index (χ1n) is 17.9. The van der Waals surface area contributed by atoms with E-state index in [0.29, 0.717) is 19.3 Å². The van der Waals surface area contributed by atoms with E-state index >= 15 is 0 Å². The number of hydrogen-bond acceptors (Lipinski definition) is 10. The highest BCUT2D eigenvalue weighted by Gasteiger charge is 2.85. The van der Waals surface area contributed by atoms with Gasteiger partial charge in [-0.05, 0) is 117 Å². The Morgan fingerprint density at radius 1 is 0.804 bits per heavy atom. The molecule has 0 radical (unpaired) electrons. The zero-order valence-electron chi connectivity index (χ0n) is 28.9. The lowest BCUT2D eigenvalue weighted by atomic mass is 9.41. The molecule has 7 N–H and O–H groups in total. The van der Waals surface area contributed by atoms with E-state index in [1.807, 2.05) is 0 Å². The maximum atomic E-state index is 12.0. The largest absolute Gasteiger partial charge is 0.394 e. The first-order chi connectivity index (χ1) is 21.2. The first kappa shape index (κ1) is 34.1. The Morgan fingerprint density at radius 2 is 1.50 bits per heavy atom. The van der Waals surface area contributed by atoms with Crippen molar-refractivity contribution in [3.63, 3.8) is 0 Å². The molecule has 1 unspecified atom stereocenters. The molecule has 0 aromatic carbocycles. The van der Waals surface area contributed by atoms with Gasteiger partial charge in [-0.25, -0.2) is 0 Å². The minimum atomic E-state index is -1.53. The van der Waals surface area contributed by atoms with Crippen LogP contribution in [0.3, 0.4) is 0 Å². The molecule has 5 aliphatic carbocycles. The summed E-state index contributed by atoms with van der Waals surface area (Å²) in [6.45, 7) is 14.2. The highest BCUT2D eigenvalue weighted by Crippen LogP contribution is 2.89. The molecule has 17 atom stereocenters. The highest BCUT2D eigenvalue weighted by atomic mass is 16.7. The fourth-order valence-corrected chi connectivity index (χ4v) is 13.6. The molecule has 5 saturated carbocycles. The number of aliphatic hydroxyl groups excluding tert-OH is 6. The second kappa shape index (κ2) is 10.3. The summed E-state index contributed by atoms with van der Waals surface area (Å²) in [6.07, 6.45) is -1.07. The van der Waals surface area contributed by atoms with E-state index in [-0.39, 0.29) is 45.5 Å². The molecule has 7 aliphatic rings. The van der Waals surface area contributed by atoms with E-state index < -0.39 is 72.2 Å². The predicted molar refractivity (Wildman–Crippen MR) is 167 cm³/mol. The minimum Gasteiger partial charge on any atom is -0.394 e. The monoisotopic (exact) mass is 652 g/mol. The molecule has 2 aliphatic heterocycles. The predicted octanol–water partition coefficient (Wildman–Crippen LogP) is 2.26. The summed E-state index contributed by atoms with van der Waals surface area (Å²) in [5.41, 5.74) is -2.50. The molecule has 7 fully saturated rings. The van der Waals surface area contributed by atoms with Gasteiger partial charge < -0.3 is 50.0 Å². The maximum Gasteiger partial charge on any atom is 0.186 e. The van der Waals surface area contributed by atoms with Gasteiger partial charge in [-0.15, -0.1) is 0 Å². The number of fused-ring (bicyclic) bond motifs is 2. The molecule has 0 amide bonds. The van der Waals surface area contributed by atoms with Crippen LogP contribution in [-0.4, -0.2) is 109 Å². The summed E-state index contributed by atoms with van der Waals surface area (Å²) in [7, 11) is 0. The van der Waals surface area contributed by atoms with Gasteiger partial charge >= 0.3 is 0 Å². The van der Waals surface area contributed by atoms with Crippen LogP contribution in [0.25, 0.3) is 0 Å². The summed E-state index contributed by atoms with van der Waals surface area (Å²) >= 11 is 0. The van der Waals surface area contributed by atoms with Gasteiger partial charge in [0.05, 0.1) is 42.2 Å². The minimum absolute atomic E-state index is 0.0225. The molecule has 264 valence electrons. The van der Waals surface area contributed by atoms with Crippen molar-refractivity contribution in [2.45, 2.75) is 173 Å². The van der Waals surface area contributed by atoms with Gasteiger partial charge in [0.1, 0.15) is 24.4 Å². The lowest BCUT2D eigenvalue weighted by molar-refractivity contribution is -0.331. The van der Waals surface area contributed by atoms with E-state index in [0.717, 1.165) is 38.5 Å². The van der Waals surface area contributed by atoms with Gasteiger partial charge in [-0.1, -0.05) is 27.7 Å². The third-order valence-corrected chi connectivity index (χ3v) is 15.9. The SMILES string of the molecule is CC(C)(O)[C@@H]1CC[C@](C)([C@H]2[C@@H](O)C[C@@]3(C)[C@@H]4C[C@H](OC5O[C@H](CO)[C@@H](O)[C@H](O)[C@H]5O)[C@H]5C(C)(C)[C@@H](O)CC[C@@]56C[C@@]46CC[C@]23C)O1. The smallest absolute Gasteiger partial charge is 0.186 e. The van der Waals surface area contributed by atoms with Crippen molar-refractivity contribution in [2.24, 2.45) is 44.8 Å². The second-order valence-electron chi connectivity index (χ2n) is 18.7. The Labute approximate surface area is 273 Å². The van der Waals surface area contributed by atoms with Gasteiger partial charge in [0.15, 0.2) is 6.29 Å². The van der Waals surface area contributed by atoms with E-state index in [1.54, 1.807) is 13.8 Å². The van der Waals surface area contributed by atoms with Gasteiger partial charge in [0.2, 0.25) is 0 Å². The molecule has 7 rings (SSSR count). The molecule has 2 heterocycles. The van der Waals surface area contributed by atoms with Gasteiger partial charge in [-0.3, -0.25) is 0 Å². The van der Waals surface area contributed by atoms with Crippen LogP contribution in [0.15, 0.2) is 0 Å². The van der Waals surface area contributed by atoms with Gasteiger partial charge in [0.25, 0.3) is 0 Å². The lowest BCUT2D eigenvalue weighted by Crippen LogP contribution is -2.64. The van der Waals surface area contributed by atoms with Crippen LogP contribution in [0.5, 0.6) is 0 Å². The van der Waals surface area contributed by atoms with Crippen molar-refractivity contribution in [2.75, 3.05) is 6.61 Å². The summed E-state index contributed by atoms with van der Waals surface area (Å²) in [5, 5.41) is 76.2. The summed E-state index contributed by atoms with van der Waals surface area (Å²) in [4.78, 5) is 0. The van der Waals surface area contributed by atoms with E-state index in [4.69, 9.17) is 14.2 Å². The summed E-state index contributed by atoms with van der Waals surface area (Å²) in [5.74, 6) is 0.0768. The molecule has 46 heavy (non-hydrogen) atoms. The van der Waals surface area contributed by atoms with Gasteiger partial charge in [-0.2, -0.15) is 0 Å². The molecule has 0 bridgehead atoms. The number of hydrogen-bond donors (Lipinski definition) is 7. The van der Waals surface area contributed by atoms with E-state index in [2.05, 4.69) is 34.6 Å². The summed E-state index contributed by atoms with van der Waals surface area (Å²) in [6, 6.07) is 0. The Bertz CT molecular complexity index is 1200. The van der Waals surface area contributed by atoms with E-state index in [1.165, 1.54) is 0 Å². The van der Waals surface area contributed by atoms with E-state index in [9.17, 15) is 35.7 Å². The number of aliphatic hydroxyl groups is 7. The Kier molecular flexibility index (Phi) is 7.65. The van der Waals surface area contributed by atoms with Gasteiger partial charge in [0, 0.05) is 5.92 Å². The maximum absolute atomic E-state index is 12.0. The molecule has 2 spiro atoms. The fourth-order valence-electron chi connectivity index (χ4n) is 13.6. The van der Waals surface area contributed by atoms with Crippen LogP contribution in [-0.2, 0) is 14.2 Å². The van der Waals surface area contributed by atoms with Crippen molar-refractivity contribution < 1.29 is 50.0 Å². The molecule has 10 heteroatoms. The zero-order chi connectivity index (χ0) is 33.6. The lowest BCUT2D eigenvalue weighted by Gasteiger charge is -2.65. The van der Waals surface area contributed by atoms with Crippen LogP contribution in [0, 0.1) is 44.8 Å². The van der Waals surface area contributed by atoms with Crippen LogP contribution in [0.1, 0.15) is 106 Å². The van der Waals surface area contributed by atoms with Crippen LogP contribution in [0.4, 0.5) is 0 Å². The molecular weight excluding hydrogens is 592 g/mol. The highest BCUT2D eigenvalue weighted by molar-refractivity contribution is 5.33. The van der Waals surface area contributed by atoms with Crippen molar-refractivity contribution in [1.29, 1.82) is 0 Å². The van der Waals surface area contributed by atoms with Crippen LogP contribution in [0.2, 0.25) is 0 Å². The average molecular weight is 653 g/mol. The number of rotatable bonds is 5. The molecule has 0 aromatic rings. The average Bonchev–Trinajstić information content (AvgIpc) is 3.33. The third kappa shape index (κ3) is 4.24. The topological polar surface area (TPSA) is 169 Å². The Morgan fingerprint density at radius 3 is 2.13 bits per heavy atom. The number of ether oxygens (including phenoxy) is 3. The van der Waals surface area contributed by atoms with Crippen molar-refractivity contribution >= 4 is 0 Å². The molecule has 10 nitrogen and oxygen atoms in total. The molecular formula is C36H60O10. The standard InChI is InChI=1S/C36H60O10/c1-30(2)22(39)8-11-36-17-35(36)13-12-32(5)27(34(7)10-9-23(46-34)31(3,4)43)18(38)15-33(32,6)21(35)14-19(28(30)36)44-29-26(42)25(41)24(40)20(16-37)45-29/h18-29,37-43H,8-17H2,1-7H3/t18-,19-,20+,21-,22-,23-,24+,25-,26+,27-,28-,29?,32+,33-,34+,35-,36+/m0/s1. The zero-order valence-corrected chi connectivity index (χ0v) is 28.9. The third-order valence-electron chi connectivity index (χ3n) is 15.9. The molecule has 2 saturated heterocycles. The van der Waals surface area contributed by atoms with Crippen LogP contribution >= 0.6 is 0 Å². The normalized spacial score (nSPS) is 59.3. The Hall–Kier alpha value is -0.400. The Balaban J connectivity index is 1.26. The first-order valence-corrected chi connectivity index (χ1v) is 17.9.